The molecule has 0 radical (unpaired) electrons. The molecule has 1 N–H and O–H groups in total. The van der Waals surface area contributed by atoms with E-state index in [2.05, 4.69) is 4.98 Å². The monoisotopic (exact) mass is 361 g/mol. The Bertz CT molecular complexity index is 415. The Balaban J connectivity index is 3.20. The first-order valence-electron chi connectivity index (χ1n) is 4.19. The van der Waals surface area contributed by atoms with Gasteiger partial charge in [-0.2, -0.15) is 0 Å². The fourth-order valence-electron chi connectivity index (χ4n) is 1.22. The van der Waals surface area contributed by atoms with Crippen molar-refractivity contribution in [1.29, 1.82) is 0 Å². The molecular formula is C9H7ClF2INO2. The number of rotatable bonds is 4. The van der Waals surface area contributed by atoms with Crippen LogP contribution in [0.2, 0.25) is 0 Å². The summed E-state index contributed by atoms with van der Waals surface area (Å²) in [5, 5.41) is 8.58. The molecule has 0 bridgehead atoms. The van der Waals surface area contributed by atoms with Crippen LogP contribution in [0.15, 0.2) is 6.07 Å². The van der Waals surface area contributed by atoms with Crippen molar-refractivity contribution < 1.29 is 18.7 Å². The molecule has 16 heavy (non-hydrogen) atoms. The maximum atomic E-state index is 12.6. The van der Waals surface area contributed by atoms with Gasteiger partial charge in [0.15, 0.2) is 0 Å². The lowest BCUT2D eigenvalue weighted by Crippen LogP contribution is -2.07. The lowest BCUT2D eigenvalue weighted by atomic mass is 10.1. The summed E-state index contributed by atoms with van der Waals surface area (Å²) in [5.41, 5.74) is 0.244. The van der Waals surface area contributed by atoms with Crippen molar-refractivity contribution in [2.75, 3.05) is 0 Å². The quantitative estimate of drug-likeness (QED) is 0.510. The molecule has 0 aliphatic heterocycles. The zero-order valence-electron chi connectivity index (χ0n) is 7.88. The second-order valence-electron chi connectivity index (χ2n) is 2.98. The largest absolute Gasteiger partial charge is 0.481 e. The average molecular weight is 362 g/mol. The molecule has 1 aromatic heterocycles. The Hall–Kier alpha value is -0.500. The molecule has 1 heterocycles. The molecule has 0 aromatic carbocycles. The molecular weight excluding hydrogens is 354 g/mol. The summed E-state index contributed by atoms with van der Waals surface area (Å²) in [6.45, 7) is 0. The van der Waals surface area contributed by atoms with E-state index in [0.29, 0.717) is 0 Å². The van der Waals surface area contributed by atoms with Gasteiger partial charge in [0.2, 0.25) is 0 Å². The van der Waals surface area contributed by atoms with Gasteiger partial charge in [-0.05, 0) is 34.2 Å². The van der Waals surface area contributed by atoms with Gasteiger partial charge in [-0.25, -0.2) is 13.8 Å². The van der Waals surface area contributed by atoms with Crippen LogP contribution in [0.5, 0.6) is 0 Å². The van der Waals surface area contributed by atoms with E-state index in [-0.39, 0.29) is 32.8 Å². The van der Waals surface area contributed by atoms with Crippen molar-refractivity contribution in [2.45, 2.75) is 18.7 Å². The van der Waals surface area contributed by atoms with Crippen molar-refractivity contribution in [3.05, 3.63) is 26.6 Å². The van der Waals surface area contributed by atoms with E-state index in [1.54, 1.807) is 22.6 Å². The first-order valence-corrected chi connectivity index (χ1v) is 5.81. The highest BCUT2D eigenvalue weighted by Crippen LogP contribution is 2.28. The van der Waals surface area contributed by atoms with Gasteiger partial charge >= 0.3 is 5.97 Å². The first kappa shape index (κ1) is 13.6. The van der Waals surface area contributed by atoms with Crippen LogP contribution in [0.1, 0.15) is 23.2 Å². The number of hydrogen-bond donors (Lipinski definition) is 1. The van der Waals surface area contributed by atoms with Crippen LogP contribution in [0.4, 0.5) is 8.78 Å². The fourth-order valence-corrected chi connectivity index (χ4v) is 2.33. The summed E-state index contributed by atoms with van der Waals surface area (Å²) >= 11 is 7.20. The molecule has 0 unspecified atom stereocenters. The molecule has 0 fully saturated rings. The van der Waals surface area contributed by atoms with Crippen LogP contribution in [-0.4, -0.2) is 16.1 Å². The molecule has 88 valence electrons. The number of carboxylic acids is 1. The van der Waals surface area contributed by atoms with Gasteiger partial charge < -0.3 is 5.11 Å². The summed E-state index contributed by atoms with van der Waals surface area (Å²) in [6, 6.07) is 1.31. The van der Waals surface area contributed by atoms with Crippen LogP contribution in [0.3, 0.4) is 0 Å². The van der Waals surface area contributed by atoms with E-state index in [4.69, 9.17) is 16.7 Å². The van der Waals surface area contributed by atoms with Gasteiger partial charge in [0.1, 0.15) is 3.70 Å². The SMILES string of the molecule is O=C(O)Cc1cc(CCl)c(C(F)F)c(I)n1. The highest BCUT2D eigenvalue weighted by atomic mass is 127. The van der Waals surface area contributed by atoms with E-state index >= 15 is 0 Å². The van der Waals surface area contributed by atoms with Crippen LogP contribution in [0.25, 0.3) is 0 Å². The zero-order valence-corrected chi connectivity index (χ0v) is 10.8. The molecule has 0 aliphatic carbocycles. The fraction of sp³-hybridized carbons (Fsp3) is 0.333. The Labute approximate surface area is 109 Å². The zero-order chi connectivity index (χ0) is 12.3. The number of nitrogens with zero attached hydrogens (tertiary/aromatic N) is 1. The standard InChI is InChI=1S/C9H7ClF2INO2/c10-3-4-1-5(2-6(15)16)14-9(13)7(4)8(11)12/h1,8H,2-3H2,(H,15,16). The normalized spacial score (nSPS) is 10.8. The minimum Gasteiger partial charge on any atom is -0.481 e. The number of aliphatic carboxylic acids is 1. The molecule has 3 nitrogen and oxygen atoms in total. The van der Waals surface area contributed by atoms with Crippen LogP contribution in [0, 0.1) is 3.70 Å². The minimum absolute atomic E-state index is 0.0924. The molecule has 0 amide bonds. The summed E-state index contributed by atoms with van der Waals surface area (Å²) in [7, 11) is 0. The summed E-state index contributed by atoms with van der Waals surface area (Å²) in [5.74, 6) is -1.15. The van der Waals surface area contributed by atoms with E-state index in [1.807, 2.05) is 0 Å². The van der Waals surface area contributed by atoms with E-state index in [0.717, 1.165) is 0 Å². The lowest BCUT2D eigenvalue weighted by molar-refractivity contribution is -0.136. The Morgan fingerprint density at radius 3 is 2.69 bits per heavy atom. The van der Waals surface area contributed by atoms with Crippen LogP contribution >= 0.6 is 34.2 Å². The van der Waals surface area contributed by atoms with Gasteiger partial charge in [-0.1, -0.05) is 0 Å². The number of alkyl halides is 3. The van der Waals surface area contributed by atoms with Gasteiger partial charge in [0, 0.05) is 5.88 Å². The maximum absolute atomic E-state index is 12.6. The van der Waals surface area contributed by atoms with E-state index < -0.39 is 12.4 Å². The Morgan fingerprint density at radius 1 is 1.62 bits per heavy atom. The van der Waals surface area contributed by atoms with Crippen molar-refractivity contribution >= 4 is 40.2 Å². The van der Waals surface area contributed by atoms with Crippen molar-refractivity contribution in [3.63, 3.8) is 0 Å². The number of hydrogen-bond acceptors (Lipinski definition) is 2. The van der Waals surface area contributed by atoms with Crippen LogP contribution in [-0.2, 0) is 17.1 Å². The predicted octanol–water partition coefficient (Wildman–Crippen LogP) is 2.99. The number of aromatic nitrogens is 1. The summed E-state index contributed by atoms with van der Waals surface area (Å²) < 4.78 is 25.4. The number of carboxylic acid groups (broad SMARTS) is 1. The highest BCUT2D eigenvalue weighted by Gasteiger charge is 2.19. The maximum Gasteiger partial charge on any atom is 0.309 e. The van der Waals surface area contributed by atoms with E-state index in [1.165, 1.54) is 6.07 Å². The van der Waals surface area contributed by atoms with Gasteiger partial charge in [-0.15, -0.1) is 11.6 Å². The topological polar surface area (TPSA) is 50.2 Å². The highest BCUT2D eigenvalue weighted by molar-refractivity contribution is 14.1. The lowest BCUT2D eigenvalue weighted by Gasteiger charge is -2.10. The van der Waals surface area contributed by atoms with Gasteiger partial charge in [-0.3, -0.25) is 4.79 Å². The van der Waals surface area contributed by atoms with Crippen LogP contribution < -0.4 is 0 Å². The van der Waals surface area contributed by atoms with E-state index in [9.17, 15) is 13.6 Å². The van der Waals surface area contributed by atoms with Crippen molar-refractivity contribution in [3.8, 4) is 0 Å². The number of halogens is 4. The second-order valence-corrected chi connectivity index (χ2v) is 4.27. The molecule has 0 aliphatic rings. The summed E-state index contributed by atoms with van der Waals surface area (Å²) in [6.07, 6.45) is -2.96. The molecule has 0 saturated carbocycles. The van der Waals surface area contributed by atoms with Gasteiger partial charge in [0.25, 0.3) is 6.43 Å². The average Bonchev–Trinajstić information content (AvgIpc) is 2.14. The third-order valence-electron chi connectivity index (χ3n) is 1.85. The van der Waals surface area contributed by atoms with Gasteiger partial charge in [0.05, 0.1) is 17.7 Å². The minimum atomic E-state index is -2.66. The third kappa shape index (κ3) is 3.24. The second kappa shape index (κ2) is 5.72. The number of carbonyl (C=O) groups is 1. The first-order chi connectivity index (χ1) is 7.45. The van der Waals surface area contributed by atoms with Crippen molar-refractivity contribution in [2.24, 2.45) is 0 Å². The Morgan fingerprint density at radius 2 is 2.25 bits per heavy atom. The molecule has 7 heteroatoms. The Kier molecular flexibility index (Phi) is 4.85. The smallest absolute Gasteiger partial charge is 0.309 e. The third-order valence-corrected chi connectivity index (χ3v) is 2.96. The number of pyridine rings is 1. The van der Waals surface area contributed by atoms with Crippen molar-refractivity contribution in [1.82, 2.24) is 4.98 Å². The molecule has 1 aromatic rings. The predicted molar refractivity (Wildman–Crippen MR) is 62.8 cm³/mol. The molecule has 0 spiro atoms. The molecule has 0 atom stereocenters. The molecule has 1 rings (SSSR count). The summed E-state index contributed by atoms with van der Waals surface area (Å²) in [4.78, 5) is 14.3. The molecule has 0 saturated heterocycles.